The molecule has 2 rings (SSSR count). The molecule has 0 saturated carbocycles. The molecule has 1 heterocycles. The molecule has 3 heteroatoms. The zero-order valence-electron chi connectivity index (χ0n) is 11.7. The molecule has 1 atom stereocenters. The average Bonchev–Trinajstić information content (AvgIpc) is 2.77. The molecule has 0 saturated heterocycles. The van der Waals surface area contributed by atoms with Gasteiger partial charge in [-0.25, -0.2) is 0 Å². The highest BCUT2D eigenvalue weighted by Crippen LogP contribution is 2.33. The molecule has 102 valence electrons. The molecule has 1 aromatic heterocycles. The molecule has 0 spiro atoms. The molecule has 0 aliphatic carbocycles. The molecular formula is C16H20ClNS. The molecule has 0 aliphatic heterocycles. The summed E-state index contributed by atoms with van der Waals surface area (Å²) in [7, 11) is 2.00. The van der Waals surface area contributed by atoms with Crippen molar-refractivity contribution < 1.29 is 0 Å². The predicted octanol–water partition coefficient (Wildman–Crippen LogP) is 4.78. The van der Waals surface area contributed by atoms with Gasteiger partial charge in [0, 0.05) is 10.9 Å². The van der Waals surface area contributed by atoms with E-state index < -0.39 is 0 Å². The maximum Gasteiger partial charge on any atom is 0.0590 e. The summed E-state index contributed by atoms with van der Waals surface area (Å²) < 4.78 is 0. The van der Waals surface area contributed by atoms with Gasteiger partial charge < -0.3 is 5.32 Å². The number of benzene rings is 1. The molecule has 1 nitrogen and oxygen atoms in total. The predicted molar refractivity (Wildman–Crippen MR) is 85.4 cm³/mol. The van der Waals surface area contributed by atoms with Crippen LogP contribution in [0.2, 0.25) is 5.02 Å². The molecule has 0 aliphatic rings. The van der Waals surface area contributed by atoms with Crippen molar-refractivity contribution in [3.8, 4) is 0 Å². The largest absolute Gasteiger partial charge is 0.312 e. The minimum absolute atomic E-state index is 0.290. The highest BCUT2D eigenvalue weighted by Gasteiger charge is 2.16. The Labute approximate surface area is 124 Å². The minimum atomic E-state index is 0.290. The third-order valence-corrected chi connectivity index (χ3v) is 5.29. The van der Waals surface area contributed by atoms with Crippen LogP contribution in [0.25, 0.3) is 0 Å². The lowest BCUT2D eigenvalue weighted by Crippen LogP contribution is -2.18. The summed E-state index contributed by atoms with van der Waals surface area (Å²) in [5.74, 6) is 0. The van der Waals surface area contributed by atoms with E-state index in [4.69, 9.17) is 11.6 Å². The summed E-state index contributed by atoms with van der Waals surface area (Å²) in [5.41, 5.74) is 3.90. The first-order valence-corrected chi connectivity index (χ1v) is 7.90. The van der Waals surface area contributed by atoms with Gasteiger partial charge >= 0.3 is 0 Å². The van der Waals surface area contributed by atoms with E-state index in [1.54, 1.807) is 11.3 Å². The number of rotatable bonds is 5. The van der Waals surface area contributed by atoms with Gasteiger partial charge in [-0.2, -0.15) is 0 Å². The van der Waals surface area contributed by atoms with E-state index in [2.05, 4.69) is 48.8 Å². The van der Waals surface area contributed by atoms with Gasteiger partial charge in [0.25, 0.3) is 0 Å². The molecule has 1 N–H and O–H groups in total. The van der Waals surface area contributed by atoms with Crippen molar-refractivity contribution >= 4 is 22.9 Å². The Hall–Kier alpha value is -0.830. The van der Waals surface area contributed by atoms with Crippen LogP contribution in [0.1, 0.15) is 34.5 Å². The fourth-order valence-corrected chi connectivity index (χ4v) is 3.59. The van der Waals surface area contributed by atoms with Crippen LogP contribution in [0.15, 0.2) is 29.6 Å². The Morgan fingerprint density at radius 3 is 2.32 bits per heavy atom. The SMILES string of the molecule is CCc1ccc(CC(NC)c2scc(C)c2Cl)cc1. The summed E-state index contributed by atoms with van der Waals surface area (Å²) in [6, 6.07) is 9.15. The fraction of sp³-hybridized carbons (Fsp3) is 0.375. The van der Waals surface area contributed by atoms with E-state index in [1.807, 2.05) is 7.05 Å². The molecule has 2 aromatic rings. The number of thiophene rings is 1. The third kappa shape index (κ3) is 3.38. The van der Waals surface area contributed by atoms with Crippen molar-refractivity contribution in [3.63, 3.8) is 0 Å². The standard InChI is InChI=1S/C16H20ClNS/c1-4-12-5-7-13(8-6-12)9-14(18-3)16-15(17)11(2)10-19-16/h5-8,10,14,18H,4,9H2,1-3H3. The Bertz CT molecular complexity index is 530. The van der Waals surface area contributed by atoms with Crippen LogP contribution in [-0.4, -0.2) is 7.05 Å². The Morgan fingerprint density at radius 2 is 1.84 bits per heavy atom. The quantitative estimate of drug-likeness (QED) is 0.837. The van der Waals surface area contributed by atoms with E-state index in [9.17, 15) is 0 Å². The van der Waals surface area contributed by atoms with Crippen LogP contribution < -0.4 is 5.32 Å². The molecule has 0 bridgehead atoms. The van der Waals surface area contributed by atoms with Gasteiger partial charge in [0.15, 0.2) is 0 Å². The van der Waals surface area contributed by atoms with Crippen molar-refractivity contribution in [1.82, 2.24) is 5.32 Å². The summed E-state index contributed by atoms with van der Waals surface area (Å²) >= 11 is 8.11. The van der Waals surface area contributed by atoms with E-state index >= 15 is 0 Å². The molecule has 0 amide bonds. The van der Waals surface area contributed by atoms with Crippen LogP contribution in [0, 0.1) is 6.92 Å². The Kier molecular flexibility index (Phi) is 5.03. The van der Waals surface area contributed by atoms with E-state index in [0.717, 1.165) is 17.9 Å². The Morgan fingerprint density at radius 1 is 1.21 bits per heavy atom. The molecule has 0 radical (unpaired) electrons. The van der Waals surface area contributed by atoms with Crippen molar-refractivity contribution in [2.45, 2.75) is 32.7 Å². The number of aryl methyl sites for hydroxylation is 2. The number of hydrogen-bond acceptors (Lipinski definition) is 2. The number of nitrogens with one attached hydrogen (secondary N) is 1. The number of hydrogen-bond donors (Lipinski definition) is 1. The minimum Gasteiger partial charge on any atom is -0.312 e. The van der Waals surface area contributed by atoms with E-state index in [1.165, 1.54) is 21.6 Å². The van der Waals surface area contributed by atoms with Crippen LogP contribution in [0.5, 0.6) is 0 Å². The topological polar surface area (TPSA) is 12.0 Å². The molecule has 19 heavy (non-hydrogen) atoms. The lowest BCUT2D eigenvalue weighted by atomic mass is 10.0. The first-order valence-electron chi connectivity index (χ1n) is 6.64. The van der Waals surface area contributed by atoms with E-state index in [-0.39, 0.29) is 0 Å². The third-order valence-electron chi connectivity index (χ3n) is 3.46. The molecular weight excluding hydrogens is 274 g/mol. The fourth-order valence-electron chi connectivity index (χ4n) is 2.16. The van der Waals surface area contributed by atoms with Gasteiger partial charge in [-0.3, -0.25) is 0 Å². The van der Waals surface area contributed by atoms with E-state index in [0.29, 0.717) is 6.04 Å². The first-order chi connectivity index (χ1) is 9.15. The number of likely N-dealkylation sites (N-methyl/N-ethyl adjacent to an activating group) is 1. The monoisotopic (exact) mass is 293 g/mol. The smallest absolute Gasteiger partial charge is 0.0590 e. The second-order valence-electron chi connectivity index (χ2n) is 4.81. The second-order valence-corrected chi connectivity index (χ2v) is 6.10. The lowest BCUT2D eigenvalue weighted by molar-refractivity contribution is 0.602. The van der Waals surface area contributed by atoms with Crippen molar-refractivity contribution in [2.75, 3.05) is 7.05 Å². The highest BCUT2D eigenvalue weighted by atomic mass is 35.5. The average molecular weight is 294 g/mol. The Balaban J connectivity index is 2.16. The molecule has 1 unspecified atom stereocenters. The summed E-state index contributed by atoms with van der Waals surface area (Å²) in [6.07, 6.45) is 2.06. The van der Waals surface area contributed by atoms with Gasteiger partial charge in [0.05, 0.1) is 5.02 Å². The zero-order valence-corrected chi connectivity index (χ0v) is 13.2. The van der Waals surface area contributed by atoms with Gasteiger partial charge in [-0.1, -0.05) is 42.8 Å². The summed E-state index contributed by atoms with van der Waals surface area (Å²) in [4.78, 5) is 1.24. The van der Waals surface area contributed by atoms with Crippen molar-refractivity contribution in [2.24, 2.45) is 0 Å². The van der Waals surface area contributed by atoms with Gasteiger partial charge in [0.1, 0.15) is 0 Å². The maximum absolute atomic E-state index is 6.37. The van der Waals surface area contributed by atoms with Crippen LogP contribution in [0.3, 0.4) is 0 Å². The van der Waals surface area contributed by atoms with Crippen molar-refractivity contribution in [3.05, 3.63) is 56.2 Å². The number of halogens is 1. The normalized spacial score (nSPS) is 12.6. The molecule has 0 fully saturated rings. The van der Waals surface area contributed by atoms with Gasteiger partial charge in [-0.15, -0.1) is 11.3 Å². The maximum atomic E-state index is 6.37. The highest BCUT2D eigenvalue weighted by molar-refractivity contribution is 7.10. The van der Waals surface area contributed by atoms with Crippen LogP contribution >= 0.6 is 22.9 Å². The van der Waals surface area contributed by atoms with Crippen molar-refractivity contribution in [1.29, 1.82) is 0 Å². The second kappa shape index (κ2) is 6.56. The van der Waals surface area contributed by atoms with Gasteiger partial charge in [-0.05, 0) is 48.9 Å². The first kappa shape index (κ1) is 14.6. The molecule has 1 aromatic carbocycles. The summed E-state index contributed by atoms with van der Waals surface area (Å²) in [6.45, 7) is 4.24. The van der Waals surface area contributed by atoms with Crippen LogP contribution in [-0.2, 0) is 12.8 Å². The zero-order chi connectivity index (χ0) is 13.8. The van der Waals surface area contributed by atoms with Crippen LogP contribution in [0.4, 0.5) is 0 Å². The van der Waals surface area contributed by atoms with Gasteiger partial charge in [0.2, 0.25) is 0 Å². The summed E-state index contributed by atoms with van der Waals surface area (Å²) in [5, 5.41) is 6.41. The lowest BCUT2D eigenvalue weighted by Gasteiger charge is -2.16.